The Kier molecular flexibility index (Phi) is 4.67. The average Bonchev–Trinajstić information content (AvgIpc) is 2.70. The Morgan fingerprint density at radius 1 is 1.03 bits per heavy atom. The minimum Gasteiger partial charge on any atom is -0.507 e. The lowest BCUT2D eigenvalue weighted by Crippen LogP contribution is -2.23. The first-order valence-electron chi connectivity index (χ1n) is 9.59. The first kappa shape index (κ1) is 19.8. The molecule has 0 saturated heterocycles. The molecule has 0 amide bonds. The highest BCUT2D eigenvalue weighted by atomic mass is 16.3. The van der Waals surface area contributed by atoms with E-state index in [2.05, 4.69) is 0 Å². The number of phenolic OH excluding ortho intramolecular Hbond substituents is 1. The van der Waals surface area contributed by atoms with Crippen LogP contribution in [0.2, 0.25) is 0 Å². The van der Waals surface area contributed by atoms with Gasteiger partial charge in [-0.15, -0.1) is 0 Å². The third kappa shape index (κ3) is 2.80. The van der Waals surface area contributed by atoms with Crippen LogP contribution in [0.15, 0.2) is 51.7 Å². The fourth-order valence-electron chi connectivity index (χ4n) is 3.94. The van der Waals surface area contributed by atoms with E-state index >= 15 is 0 Å². The molecular weight excluding hydrogens is 384 g/mol. The number of phenols is 1. The summed E-state index contributed by atoms with van der Waals surface area (Å²) in [6.07, 6.45) is 2.37. The summed E-state index contributed by atoms with van der Waals surface area (Å²) in [6.45, 7) is 5.14. The number of aliphatic hydroxyl groups is 1. The quantitative estimate of drug-likeness (QED) is 0.505. The summed E-state index contributed by atoms with van der Waals surface area (Å²) in [7, 11) is 0. The minimum absolute atomic E-state index is 0.000666. The van der Waals surface area contributed by atoms with E-state index < -0.39 is 23.6 Å². The normalized spacial score (nSPS) is 15.3. The molecule has 2 atom stereocenters. The Morgan fingerprint density at radius 2 is 1.77 bits per heavy atom. The van der Waals surface area contributed by atoms with Crippen LogP contribution in [0.25, 0.3) is 11.0 Å². The van der Waals surface area contributed by atoms with Gasteiger partial charge in [-0.1, -0.05) is 31.2 Å². The molecule has 1 aliphatic rings. The van der Waals surface area contributed by atoms with Crippen LogP contribution in [0.5, 0.6) is 5.75 Å². The number of ketones is 2. The topological polar surface area (TPSA) is 105 Å². The number of allylic oxidation sites excluding steroid dienone is 1. The van der Waals surface area contributed by atoms with Crippen molar-refractivity contribution in [3.05, 3.63) is 86.3 Å². The van der Waals surface area contributed by atoms with E-state index in [1.165, 1.54) is 30.3 Å². The lowest BCUT2D eigenvalue weighted by molar-refractivity contribution is 0.0977. The number of aliphatic hydroxyl groups excluding tert-OH is 1. The number of aromatic hydroxyl groups is 1. The van der Waals surface area contributed by atoms with Gasteiger partial charge >= 0.3 is 0 Å². The van der Waals surface area contributed by atoms with E-state index in [1.54, 1.807) is 32.9 Å². The van der Waals surface area contributed by atoms with E-state index in [4.69, 9.17) is 4.42 Å². The monoisotopic (exact) mass is 404 g/mol. The SMILES string of the molecule is C/C=C/[C@H](O)[C@H](C)c1cc(=O)c2c(C)cc3c(c2o1)C(=O)c1c(O)cccc1C3=O. The lowest BCUT2D eigenvalue weighted by atomic mass is 9.81. The molecule has 3 aromatic rings. The Morgan fingerprint density at radius 3 is 2.47 bits per heavy atom. The van der Waals surface area contributed by atoms with Crippen molar-refractivity contribution in [1.29, 1.82) is 0 Å². The predicted molar refractivity (Wildman–Crippen MR) is 111 cm³/mol. The third-order valence-corrected chi connectivity index (χ3v) is 5.55. The van der Waals surface area contributed by atoms with Crippen LogP contribution in [-0.2, 0) is 0 Å². The number of carbonyl (C=O) groups is 2. The van der Waals surface area contributed by atoms with Crippen molar-refractivity contribution in [2.24, 2.45) is 0 Å². The van der Waals surface area contributed by atoms with Gasteiger partial charge in [0.2, 0.25) is 5.78 Å². The van der Waals surface area contributed by atoms with E-state index in [0.29, 0.717) is 5.56 Å². The van der Waals surface area contributed by atoms with Gasteiger partial charge in [0.1, 0.15) is 17.1 Å². The van der Waals surface area contributed by atoms with Gasteiger partial charge in [0.25, 0.3) is 0 Å². The van der Waals surface area contributed by atoms with Crippen molar-refractivity contribution in [3.63, 3.8) is 0 Å². The molecule has 4 rings (SSSR count). The summed E-state index contributed by atoms with van der Waals surface area (Å²) in [6, 6.07) is 7.14. The van der Waals surface area contributed by atoms with Gasteiger partial charge < -0.3 is 14.6 Å². The number of carbonyl (C=O) groups excluding carboxylic acids is 2. The predicted octanol–water partition coefficient (Wildman–Crippen LogP) is 3.62. The van der Waals surface area contributed by atoms with Crippen LogP contribution in [0.4, 0.5) is 0 Å². The molecular formula is C24H20O6. The second-order valence-electron chi connectivity index (χ2n) is 7.50. The van der Waals surface area contributed by atoms with Crippen molar-refractivity contribution in [2.75, 3.05) is 0 Å². The largest absolute Gasteiger partial charge is 0.507 e. The molecule has 2 aromatic carbocycles. The third-order valence-electron chi connectivity index (χ3n) is 5.55. The minimum atomic E-state index is -0.890. The maximum absolute atomic E-state index is 13.3. The molecule has 1 aliphatic carbocycles. The maximum Gasteiger partial charge on any atom is 0.202 e. The molecule has 2 N–H and O–H groups in total. The zero-order valence-corrected chi connectivity index (χ0v) is 16.7. The summed E-state index contributed by atoms with van der Waals surface area (Å²) in [5, 5.41) is 20.7. The first-order chi connectivity index (χ1) is 14.3. The highest BCUT2D eigenvalue weighted by Crippen LogP contribution is 2.37. The number of aryl methyl sites for hydroxylation is 1. The van der Waals surface area contributed by atoms with Gasteiger partial charge in [-0.2, -0.15) is 0 Å². The number of hydrogen-bond donors (Lipinski definition) is 2. The Labute approximate surface area is 172 Å². The Bertz CT molecular complexity index is 1310. The molecule has 6 heteroatoms. The molecule has 152 valence electrons. The lowest BCUT2D eigenvalue weighted by Gasteiger charge is -2.21. The summed E-state index contributed by atoms with van der Waals surface area (Å²) in [4.78, 5) is 39.2. The van der Waals surface area contributed by atoms with Crippen LogP contribution in [0.1, 0.15) is 62.9 Å². The molecule has 0 spiro atoms. The molecule has 1 aromatic heterocycles. The summed E-state index contributed by atoms with van der Waals surface area (Å²) >= 11 is 0. The Hall–Kier alpha value is -3.51. The fraction of sp³-hybridized carbons (Fsp3) is 0.208. The molecule has 0 radical (unpaired) electrons. The van der Waals surface area contributed by atoms with E-state index in [0.717, 1.165) is 0 Å². The number of benzene rings is 2. The van der Waals surface area contributed by atoms with Crippen LogP contribution in [0, 0.1) is 6.92 Å². The van der Waals surface area contributed by atoms with Crippen LogP contribution in [-0.4, -0.2) is 27.9 Å². The van der Waals surface area contributed by atoms with Crippen LogP contribution < -0.4 is 5.43 Å². The molecule has 1 heterocycles. The molecule has 6 nitrogen and oxygen atoms in total. The summed E-state index contributed by atoms with van der Waals surface area (Å²) < 4.78 is 5.98. The fourth-order valence-corrected chi connectivity index (χ4v) is 3.94. The Balaban J connectivity index is 2.06. The summed E-state index contributed by atoms with van der Waals surface area (Å²) in [5.41, 5.74) is 0.243. The van der Waals surface area contributed by atoms with E-state index in [-0.39, 0.29) is 50.2 Å². The van der Waals surface area contributed by atoms with Gasteiger partial charge in [0.15, 0.2) is 11.2 Å². The molecule has 0 unspecified atom stereocenters. The highest BCUT2D eigenvalue weighted by Gasteiger charge is 2.35. The van der Waals surface area contributed by atoms with Crippen molar-refractivity contribution < 1.29 is 24.2 Å². The van der Waals surface area contributed by atoms with Crippen LogP contribution in [0.3, 0.4) is 0 Å². The molecule has 0 aliphatic heterocycles. The zero-order valence-electron chi connectivity index (χ0n) is 16.7. The van der Waals surface area contributed by atoms with Gasteiger partial charge in [0.05, 0.1) is 22.6 Å². The first-order valence-corrected chi connectivity index (χ1v) is 9.59. The second kappa shape index (κ2) is 7.07. The van der Waals surface area contributed by atoms with Crippen molar-refractivity contribution in [1.82, 2.24) is 0 Å². The number of fused-ring (bicyclic) bond motifs is 4. The average molecular weight is 404 g/mol. The number of rotatable bonds is 3. The highest BCUT2D eigenvalue weighted by molar-refractivity contribution is 6.32. The van der Waals surface area contributed by atoms with Crippen LogP contribution >= 0.6 is 0 Å². The molecule has 30 heavy (non-hydrogen) atoms. The summed E-state index contributed by atoms with van der Waals surface area (Å²) in [5.74, 6) is -1.65. The van der Waals surface area contributed by atoms with Crippen molar-refractivity contribution in [2.45, 2.75) is 32.8 Å². The smallest absolute Gasteiger partial charge is 0.202 e. The maximum atomic E-state index is 13.3. The number of hydrogen-bond acceptors (Lipinski definition) is 6. The van der Waals surface area contributed by atoms with Gasteiger partial charge in [-0.25, -0.2) is 0 Å². The van der Waals surface area contributed by atoms with E-state index in [1.807, 2.05) is 0 Å². The van der Waals surface area contributed by atoms with Crippen molar-refractivity contribution in [3.8, 4) is 5.75 Å². The zero-order chi connectivity index (χ0) is 21.7. The molecule has 0 fully saturated rings. The van der Waals surface area contributed by atoms with Gasteiger partial charge in [0, 0.05) is 23.1 Å². The van der Waals surface area contributed by atoms with E-state index in [9.17, 15) is 24.6 Å². The molecule has 0 bridgehead atoms. The molecule has 0 saturated carbocycles. The van der Waals surface area contributed by atoms with Gasteiger partial charge in [-0.05, 0) is 31.5 Å². The van der Waals surface area contributed by atoms with Gasteiger partial charge in [-0.3, -0.25) is 14.4 Å². The standard InChI is InChI=1S/C24H20O6/c1-4-6-15(25)12(3)18-10-17(27)19-11(2)9-14-21(24(19)30-18)23(29)20-13(22(14)28)7-5-8-16(20)26/h4-10,12,15,25-26H,1-3H3/b6-4+/t12-,15-/m0/s1. The van der Waals surface area contributed by atoms with Crippen molar-refractivity contribution >= 4 is 22.5 Å². The second-order valence-corrected chi connectivity index (χ2v) is 7.50.